The number of pyridine rings is 1. The number of fused-ring (bicyclic) bond motifs is 3. The average molecular weight is 398 g/mol. The van der Waals surface area contributed by atoms with E-state index in [0.717, 1.165) is 29.1 Å². The van der Waals surface area contributed by atoms with Gasteiger partial charge in [-0.05, 0) is 24.8 Å². The smallest absolute Gasteiger partial charge is 0.314 e. The molecule has 154 valence electrons. The Morgan fingerprint density at radius 3 is 2.86 bits per heavy atom. The molecule has 0 radical (unpaired) electrons. The second kappa shape index (κ2) is 8.20. The summed E-state index contributed by atoms with van der Waals surface area (Å²) in [5.74, 6) is -0.455. The third kappa shape index (κ3) is 3.69. The van der Waals surface area contributed by atoms with Crippen LogP contribution in [0.4, 0.5) is 5.82 Å². The van der Waals surface area contributed by atoms with E-state index in [-0.39, 0.29) is 12.6 Å². The number of aromatic amines is 1. The third-order valence-electron chi connectivity index (χ3n) is 5.68. The van der Waals surface area contributed by atoms with Gasteiger partial charge in [-0.2, -0.15) is 0 Å². The molecule has 3 N–H and O–H groups in total. The van der Waals surface area contributed by atoms with Crippen LogP contribution in [0.25, 0.3) is 21.9 Å². The number of methoxy groups -OCH3 is 1. The molecular weight excluding hydrogens is 372 g/mol. The number of hydrogen-bond acceptors (Lipinski definition) is 5. The maximum atomic E-state index is 12.4. The minimum Gasteiger partial charge on any atom is -0.383 e. The Kier molecular flexibility index (Phi) is 5.48. The lowest BCUT2D eigenvalue weighted by Crippen LogP contribution is -2.37. The topological polar surface area (TPSA) is 114 Å². The second-order valence-electron chi connectivity index (χ2n) is 7.59. The van der Waals surface area contributed by atoms with Gasteiger partial charge in [0.1, 0.15) is 5.82 Å². The zero-order chi connectivity index (χ0) is 20.4. The van der Waals surface area contributed by atoms with Crippen LogP contribution in [0.3, 0.4) is 0 Å². The summed E-state index contributed by atoms with van der Waals surface area (Å²) in [6.45, 7) is 2.87. The largest absolute Gasteiger partial charge is 0.383 e. The first-order chi connectivity index (χ1) is 14.1. The molecule has 1 saturated carbocycles. The normalized spacial score (nSPS) is 19.5. The molecule has 2 amide bonds. The first-order valence-corrected chi connectivity index (χ1v) is 10.0. The highest BCUT2D eigenvalue weighted by Gasteiger charge is 2.27. The van der Waals surface area contributed by atoms with Gasteiger partial charge in [0, 0.05) is 31.4 Å². The van der Waals surface area contributed by atoms with Gasteiger partial charge in [0.2, 0.25) is 0 Å². The molecule has 0 bridgehead atoms. The summed E-state index contributed by atoms with van der Waals surface area (Å²) >= 11 is 0. The SMILES string of the molecule is COCCNC(=O)C(=O)Nc1[nH]n([C@H]2CCCC[C@H]2C)c2c1cnc1nccc12. The maximum Gasteiger partial charge on any atom is 0.314 e. The van der Waals surface area contributed by atoms with Crippen molar-refractivity contribution in [2.45, 2.75) is 38.6 Å². The molecule has 1 aliphatic rings. The number of nitrogens with zero attached hydrogens (tertiary/aromatic N) is 3. The maximum absolute atomic E-state index is 12.4. The Morgan fingerprint density at radius 2 is 2.07 bits per heavy atom. The average Bonchev–Trinajstić information content (AvgIpc) is 3.33. The Labute approximate surface area is 168 Å². The van der Waals surface area contributed by atoms with Crippen molar-refractivity contribution in [2.24, 2.45) is 5.92 Å². The van der Waals surface area contributed by atoms with Gasteiger partial charge in [-0.3, -0.25) is 19.4 Å². The molecule has 29 heavy (non-hydrogen) atoms. The molecule has 2 atom stereocenters. The Bertz CT molecular complexity index is 1040. The highest BCUT2D eigenvalue weighted by molar-refractivity contribution is 6.40. The van der Waals surface area contributed by atoms with Gasteiger partial charge < -0.3 is 15.4 Å². The number of carbonyl (C=O) groups excluding carboxylic acids is 2. The lowest BCUT2D eigenvalue weighted by molar-refractivity contribution is -0.136. The van der Waals surface area contributed by atoms with Crippen molar-refractivity contribution in [1.29, 1.82) is 0 Å². The van der Waals surface area contributed by atoms with E-state index in [1.807, 2.05) is 6.07 Å². The molecule has 0 spiro atoms. The number of ether oxygens (including phenoxy) is 1. The zero-order valence-corrected chi connectivity index (χ0v) is 16.7. The van der Waals surface area contributed by atoms with E-state index in [4.69, 9.17) is 4.74 Å². The molecular formula is C20H26N6O3. The molecule has 1 aliphatic carbocycles. The number of anilines is 1. The van der Waals surface area contributed by atoms with E-state index < -0.39 is 11.8 Å². The standard InChI is InChI=1S/C20H26N6O3/c1-12-5-3-4-6-15(12)26-16-13-7-8-21-17(13)23-11-14(16)18(25-26)24-20(28)19(27)22-9-10-29-2/h7-8,11-12,15,25H,3-6,9-10H2,1-2H3,(H,22,27)(H,24,28)/t12-,15+/m1/s1. The zero-order valence-electron chi connectivity index (χ0n) is 16.7. The fourth-order valence-corrected chi connectivity index (χ4v) is 4.17. The molecule has 3 heterocycles. The summed E-state index contributed by atoms with van der Waals surface area (Å²) in [4.78, 5) is 33.2. The fourth-order valence-electron chi connectivity index (χ4n) is 4.17. The Balaban J connectivity index is 1.71. The van der Waals surface area contributed by atoms with Crippen molar-refractivity contribution < 1.29 is 14.3 Å². The van der Waals surface area contributed by atoms with Gasteiger partial charge in [-0.15, -0.1) is 0 Å². The van der Waals surface area contributed by atoms with Crippen LogP contribution >= 0.6 is 0 Å². The first kappa shape index (κ1) is 19.4. The highest BCUT2D eigenvalue weighted by atomic mass is 16.5. The molecule has 4 rings (SSSR count). The summed E-state index contributed by atoms with van der Waals surface area (Å²) < 4.78 is 7.02. The molecule has 9 heteroatoms. The first-order valence-electron chi connectivity index (χ1n) is 10.0. The van der Waals surface area contributed by atoms with E-state index in [2.05, 4.69) is 37.3 Å². The predicted octanol–water partition coefficient (Wildman–Crippen LogP) is 2.36. The van der Waals surface area contributed by atoms with Crippen LogP contribution in [0.15, 0.2) is 18.5 Å². The minimum atomic E-state index is -0.728. The summed E-state index contributed by atoms with van der Waals surface area (Å²) in [6.07, 6.45) is 8.06. The van der Waals surface area contributed by atoms with Crippen molar-refractivity contribution >= 4 is 39.6 Å². The van der Waals surface area contributed by atoms with Gasteiger partial charge in [0.05, 0.1) is 23.6 Å². The number of nitrogens with one attached hydrogen (secondary N) is 3. The number of rotatable bonds is 5. The van der Waals surface area contributed by atoms with Crippen LogP contribution in [-0.2, 0) is 14.3 Å². The fraction of sp³-hybridized carbons (Fsp3) is 0.500. The summed E-state index contributed by atoms with van der Waals surface area (Å²) in [5, 5.41) is 10.3. The summed E-state index contributed by atoms with van der Waals surface area (Å²) in [7, 11) is 1.54. The van der Waals surface area contributed by atoms with Crippen LogP contribution in [0.5, 0.6) is 0 Å². The Morgan fingerprint density at radius 1 is 1.24 bits per heavy atom. The molecule has 9 nitrogen and oxygen atoms in total. The predicted molar refractivity (Wildman–Crippen MR) is 110 cm³/mol. The Hall–Kier alpha value is -2.94. The van der Waals surface area contributed by atoms with Gasteiger partial charge >= 0.3 is 11.8 Å². The second-order valence-corrected chi connectivity index (χ2v) is 7.59. The molecule has 1 fully saturated rings. The number of aromatic nitrogens is 4. The van der Waals surface area contributed by atoms with Crippen LogP contribution < -0.4 is 10.6 Å². The number of H-pyrrole nitrogens is 1. The van der Waals surface area contributed by atoms with E-state index >= 15 is 0 Å². The number of carbonyl (C=O) groups is 2. The quantitative estimate of drug-likeness (QED) is 0.451. The van der Waals surface area contributed by atoms with E-state index in [1.165, 1.54) is 20.0 Å². The minimum absolute atomic E-state index is 0.273. The number of amides is 2. The van der Waals surface area contributed by atoms with E-state index in [0.29, 0.717) is 24.0 Å². The van der Waals surface area contributed by atoms with Crippen LogP contribution in [0, 0.1) is 5.92 Å². The monoisotopic (exact) mass is 398 g/mol. The van der Waals surface area contributed by atoms with E-state index in [1.54, 1.807) is 12.4 Å². The van der Waals surface area contributed by atoms with Crippen molar-refractivity contribution in [3.63, 3.8) is 0 Å². The summed E-state index contributed by atoms with van der Waals surface area (Å²) in [5.41, 5.74) is 1.63. The molecule has 0 aromatic carbocycles. The summed E-state index contributed by atoms with van der Waals surface area (Å²) in [6, 6.07) is 2.22. The van der Waals surface area contributed by atoms with Crippen molar-refractivity contribution in [2.75, 3.05) is 25.6 Å². The molecule has 3 aromatic heterocycles. The van der Waals surface area contributed by atoms with Gasteiger partial charge in [0.15, 0.2) is 5.65 Å². The number of hydrogen-bond donors (Lipinski definition) is 3. The van der Waals surface area contributed by atoms with Crippen LogP contribution in [0.1, 0.15) is 38.6 Å². The van der Waals surface area contributed by atoms with Crippen molar-refractivity contribution in [3.05, 3.63) is 18.5 Å². The molecule has 0 saturated heterocycles. The third-order valence-corrected chi connectivity index (χ3v) is 5.68. The van der Waals surface area contributed by atoms with Crippen molar-refractivity contribution in [1.82, 2.24) is 25.1 Å². The van der Waals surface area contributed by atoms with Gasteiger partial charge in [-0.25, -0.2) is 9.97 Å². The lowest BCUT2D eigenvalue weighted by atomic mass is 9.86. The van der Waals surface area contributed by atoms with Crippen LogP contribution in [-0.4, -0.2) is 51.8 Å². The van der Waals surface area contributed by atoms with Crippen molar-refractivity contribution in [3.8, 4) is 0 Å². The van der Waals surface area contributed by atoms with E-state index in [9.17, 15) is 9.59 Å². The van der Waals surface area contributed by atoms with Gasteiger partial charge in [0.25, 0.3) is 0 Å². The highest BCUT2D eigenvalue weighted by Crippen LogP contribution is 2.38. The molecule has 3 aromatic rings. The molecule has 0 aliphatic heterocycles. The van der Waals surface area contributed by atoms with Gasteiger partial charge in [-0.1, -0.05) is 19.8 Å². The molecule has 0 unspecified atom stereocenters. The van der Waals surface area contributed by atoms with Crippen LogP contribution in [0.2, 0.25) is 0 Å². The lowest BCUT2D eigenvalue weighted by Gasteiger charge is -2.30.